The molecule has 0 radical (unpaired) electrons. The van der Waals surface area contributed by atoms with E-state index in [2.05, 4.69) is 20.6 Å². The highest BCUT2D eigenvalue weighted by Crippen LogP contribution is 2.17. The Morgan fingerprint density at radius 2 is 1.67 bits per heavy atom. The average Bonchev–Trinajstić information content (AvgIpc) is 2.62. The highest BCUT2D eigenvalue weighted by Gasteiger charge is 2.13. The Labute approximate surface area is 157 Å². The van der Waals surface area contributed by atoms with E-state index in [-0.39, 0.29) is 11.8 Å². The molecule has 2 aromatic carbocycles. The van der Waals surface area contributed by atoms with E-state index >= 15 is 0 Å². The number of nitrogens with one attached hydrogen (secondary N) is 2. The molecule has 6 heteroatoms. The van der Waals surface area contributed by atoms with E-state index < -0.39 is 0 Å². The fraction of sp³-hybridized carbons (Fsp3) is 0.143. The monoisotopic (exact) mass is 360 g/mol. The zero-order valence-corrected chi connectivity index (χ0v) is 15.2. The summed E-state index contributed by atoms with van der Waals surface area (Å²) in [6.45, 7) is 3.22. The third kappa shape index (κ3) is 4.98. The van der Waals surface area contributed by atoms with Crippen LogP contribution in [0, 0.1) is 6.92 Å². The van der Waals surface area contributed by atoms with Gasteiger partial charge in [-0.2, -0.15) is 0 Å². The summed E-state index contributed by atoms with van der Waals surface area (Å²) < 4.78 is 0. The summed E-state index contributed by atoms with van der Waals surface area (Å²) in [6.07, 6.45) is 2.16. The minimum Gasteiger partial charge on any atom is -0.326 e. The van der Waals surface area contributed by atoms with Crippen molar-refractivity contribution in [1.29, 1.82) is 0 Å². The van der Waals surface area contributed by atoms with E-state index in [1.54, 1.807) is 37.4 Å². The summed E-state index contributed by atoms with van der Waals surface area (Å²) in [5.74, 6) is 0.207. The summed E-state index contributed by atoms with van der Waals surface area (Å²) in [5.41, 5.74) is 3.34. The van der Waals surface area contributed by atoms with E-state index in [9.17, 15) is 9.59 Å². The van der Waals surface area contributed by atoms with Crippen LogP contribution in [0.15, 0.2) is 60.8 Å². The Bertz CT molecular complexity index is 971. The van der Waals surface area contributed by atoms with Gasteiger partial charge in [0.15, 0.2) is 0 Å². The number of anilines is 2. The van der Waals surface area contributed by atoms with Gasteiger partial charge in [0.25, 0.3) is 5.91 Å². The molecule has 1 heterocycles. The van der Waals surface area contributed by atoms with Gasteiger partial charge >= 0.3 is 0 Å². The van der Waals surface area contributed by atoms with Gasteiger partial charge in [-0.3, -0.25) is 9.59 Å². The van der Waals surface area contributed by atoms with E-state index in [0.29, 0.717) is 34.9 Å². The second-order valence-electron chi connectivity index (χ2n) is 6.16. The van der Waals surface area contributed by atoms with Crippen LogP contribution < -0.4 is 10.6 Å². The lowest BCUT2D eigenvalue weighted by Gasteiger charge is -2.10. The largest absolute Gasteiger partial charge is 0.326 e. The smallest absolute Gasteiger partial charge is 0.259 e. The molecule has 0 spiro atoms. The quantitative estimate of drug-likeness (QED) is 0.728. The SMILES string of the molecule is CC(=O)Nc1cccc(NC(=O)c2cnc(Cc3ccccc3)nc2C)c1. The van der Waals surface area contributed by atoms with Crippen molar-refractivity contribution in [2.45, 2.75) is 20.3 Å². The predicted octanol–water partition coefficient (Wildman–Crippen LogP) is 3.59. The van der Waals surface area contributed by atoms with Gasteiger partial charge in [-0.05, 0) is 30.7 Å². The molecule has 3 aromatic rings. The second kappa shape index (κ2) is 8.23. The lowest BCUT2D eigenvalue weighted by atomic mass is 10.1. The molecule has 0 saturated heterocycles. The highest BCUT2D eigenvalue weighted by molar-refractivity contribution is 6.05. The normalized spacial score (nSPS) is 10.3. The molecule has 6 nitrogen and oxygen atoms in total. The maximum Gasteiger partial charge on any atom is 0.259 e. The molecular formula is C21H20N4O2. The van der Waals surface area contributed by atoms with E-state index in [1.165, 1.54) is 6.92 Å². The van der Waals surface area contributed by atoms with Crippen LogP contribution in [-0.2, 0) is 11.2 Å². The first-order valence-electron chi connectivity index (χ1n) is 8.57. The molecule has 136 valence electrons. The summed E-state index contributed by atoms with van der Waals surface area (Å²) in [6, 6.07) is 16.9. The van der Waals surface area contributed by atoms with Gasteiger partial charge in [0.2, 0.25) is 5.91 Å². The molecule has 0 unspecified atom stereocenters. The number of aromatic nitrogens is 2. The number of aryl methyl sites for hydroxylation is 1. The molecule has 0 atom stereocenters. The molecule has 2 amide bonds. The number of benzene rings is 2. The van der Waals surface area contributed by atoms with E-state index in [4.69, 9.17) is 0 Å². The Balaban J connectivity index is 1.72. The molecule has 27 heavy (non-hydrogen) atoms. The molecule has 0 aliphatic carbocycles. The first-order valence-corrected chi connectivity index (χ1v) is 8.57. The topological polar surface area (TPSA) is 84.0 Å². The molecule has 0 fully saturated rings. The van der Waals surface area contributed by atoms with Crippen molar-refractivity contribution >= 4 is 23.2 Å². The number of nitrogens with zero attached hydrogens (tertiary/aromatic N) is 2. The molecule has 1 aromatic heterocycles. The molecule has 0 bridgehead atoms. The number of carbonyl (C=O) groups is 2. The van der Waals surface area contributed by atoms with Crippen molar-refractivity contribution in [2.75, 3.05) is 10.6 Å². The molecule has 0 saturated carbocycles. The van der Waals surface area contributed by atoms with Crippen LogP contribution in [0.3, 0.4) is 0 Å². The van der Waals surface area contributed by atoms with Crippen LogP contribution in [0.2, 0.25) is 0 Å². The first-order chi connectivity index (χ1) is 13.0. The summed E-state index contributed by atoms with van der Waals surface area (Å²) in [4.78, 5) is 32.5. The van der Waals surface area contributed by atoms with Gasteiger partial charge < -0.3 is 10.6 Å². The van der Waals surface area contributed by atoms with Crippen molar-refractivity contribution in [2.24, 2.45) is 0 Å². The molecule has 0 aliphatic heterocycles. The van der Waals surface area contributed by atoms with E-state index in [1.807, 2.05) is 30.3 Å². The standard InChI is InChI=1S/C21H20N4O2/c1-14-19(13-22-20(23-14)11-16-7-4-3-5-8-16)21(27)25-18-10-6-9-17(12-18)24-15(2)26/h3-10,12-13H,11H2,1-2H3,(H,24,26)(H,25,27). The van der Waals surface area contributed by atoms with Crippen LogP contribution in [0.4, 0.5) is 11.4 Å². The van der Waals surface area contributed by atoms with Gasteiger partial charge in [-0.15, -0.1) is 0 Å². The van der Waals surface area contributed by atoms with Crippen LogP contribution in [0.25, 0.3) is 0 Å². The first kappa shape index (κ1) is 18.3. The fourth-order valence-corrected chi connectivity index (χ4v) is 2.68. The molecular weight excluding hydrogens is 340 g/mol. The van der Waals surface area contributed by atoms with Crippen molar-refractivity contribution < 1.29 is 9.59 Å². The van der Waals surface area contributed by atoms with Crippen molar-refractivity contribution in [1.82, 2.24) is 9.97 Å². The van der Waals surface area contributed by atoms with Gasteiger partial charge in [0.1, 0.15) is 5.82 Å². The lowest BCUT2D eigenvalue weighted by Crippen LogP contribution is -2.16. The van der Waals surface area contributed by atoms with Crippen LogP contribution >= 0.6 is 0 Å². The maximum atomic E-state index is 12.6. The van der Waals surface area contributed by atoms with Gasteiger partial charge in [-0.25, -0.2) is 9.97 Å². The number of carbonyl (C=O) groups excluding carboxylic acids is 2. The highest BCUT2D eigenvalue weighted by atomic mass is 16.2. The zero-order valence-electron chi connectivity index (χ0n) is 15.2. The number of hydrogen-bond donors (Lipinski definition) is 2. The van der Waals surface area contributed by atoms with Crippen molar-refractivity contribution in [3.8, 4) is 0 Å². The predicted molar refractivity (Wildman–Crippen MR) is 105 cm³/mol. The fourth-order valence-electron chi connectivity index (χ4n) is 2.68. The van der Waals surface area contributed by atoms with Gasteiger partial charge in [-0.1, -0.05) is 36.4 Å². The Morgan fingerprint density at radius 3 is 2.33 bits per heavy atom. The minimum atomic E-state index is -0.293. The number of rotatable bonds is 5. The van der Waals surface area contributed by atoms with Crippen molar-refractivity contribution in [3.05, 3.63) is 83.4 Å². The number of hydrogen-bond acceptors (Lipinski definition) is 4. The molecule has 3 rings (SSSR count). The third-order valence-electron chi connectivity index (χ3n) is 3.92. The summed E-state index contributed by atoms with van der Waals surface area (Å²) in [5, 5.41) is 5.50. The Hall–Kier alpha value is -3.54. The Kier molecular flexibility index (Phi) is 5.56. The average molecular weight is 360 g/mol. The lowest BCUT2D eigenvalue weighted by molar-refractivity contribution is -0.114. The maximum absolute atomic E-state index is 12.6. The summed E-state index contributed by atoms with van der Waals surface area (Å²) in [7, 11) is 0. The zero-order chi connectivity index (χ0) is 19.2. The molecule has 2 N–H and O–H groups in total. The van der Waals surface area contributed by atoms with Gasteiger partial charge in [0, 0.05) is 30.9 Å². The van der Waals surface area contributed by atoms with Crippen LogP contribution in [0.5, 0.6) is 0 Å². The molecule has 0 aliphatic rings. The third-order valence-corrected chi connectivity index (χ3v) is 3.92. The Morgan fingerprint density at radius 1 is 0.963 bits per heavy atom. The van der Waals surface area contributed by atoms with Gasteiger partial charge in [0.05, 0.1) is 11.3 Å². The van der Waals surface area contributed by atoms with Crippen LogP contribution in [0.1, 0.15) is 34.4 Å². The minimum absolute atomic E-state index is 0.170. The van der Waals surface area contributed by atoms with Crippen LogP contribution in [-0.4, -0.2) is 21.8 Å². The van der Waals surface area contributed by atoms with Crippen molar-refractivity contribution in [3.63, 3.8) is 0 Å². The second-order valence-corrected chi connectivity index (χ2v) is 6.16. The van der Waals surface area contributed by atoms with E-state index in [0.717, 1.165) is 5.56 Å². The summed E-state index contributed by atoms with van der Waals surface area (Å²) >= 11 is 0. The number of amides is 2.